The summed E-state index contributed by atoms with van der Waals surface area (Å²) in [6.45, 7) is 5.33. The number of nitro groups is 1. The highest BCUT2D eigenvalue weighted by Gasteiger charge is 2.06. The maximum Gasteiger partial charge on any atom is 0.269 e. The van der Waals surface area contributed by atoms with Crippen molar-refractivity contribution in [3.63, 3.8) is 0 Å². The molecule has 0 heterocycles. The van der Waals surface area contributed by atoms with Crippen molar-refractivity contribution in [2.45, 2.75) is 20.4 Å². The van der Waals surface area contributed by atoms with E-state index >= 15 is 0 Å². The van der Waals surface area contributed by atoms with Crippen LogP contribution in [0, 0.1) is 16.0 Å². The number of amides is 1. The summed E-state index contributed by atoms with van der Waals surface area (Å²) in [4.78, 5) is 21.6. The summed E-state index contributed by atoms with van der Waals surface area (Å²) >= 11 is 0. The van der Waals surface area contributed by atoms with Crippen LogP contribution < -0.4 is 10.6 Å². The number of non-ortho nitro benzene ring substituents is 1. The van der Waals surface area contributed by atoms with E-state index in [4.69, 9.17) is 0 Å². The van der Waals surface area contributed by atoms with Crippen LogP contribution in [0.3, 0.4) is 0 Å². The fourth-order valence-corrected chi connectivity index (χ4v) is 1.48. The van der Waals surface area contributed by atoms with Gasteiger partial charge >= 0.3 is 0 Å². The number of hydrogen-bond acceptors (Lipinski definition) is 4. The van der Waals surface area contributed by atoms with E-state index in [1.54, 1.807) is 12.1 Å². The zero-order chi connectivity index (χ0) is 14.3. The SMILES string of the molecule is CC(C)CNC(=O)CNCc1cccc([N+](=O)[O-])c1. The summed E-state index contributed by atoms with van der Waals surface area (Å²) in [6.07, 6.45) is 0. The minimum atomic E-state index is -0.432. The molecule has 0 aliphatic rings. The number of nitro benzene ring substituents is 1. The molecule has 2 N–H and O–H groups in total. The van der Waals surface area contributed by atoms with E-state index in [1.165, 1.54) is 12.1 Å². The van der Waals surface area contributed by atoms with Crippen molar-refractivity contribution in [1.29, 1.82) is 0 Å². The Balaban J connectivity index is 2.35. The van der Waals surface area contributed by atoms with E-state index in [0.717, 1.165) is 5.56 Å². The first kappa shape index (κ1) is 15.1. The lowest BCUT2D eigenvalue weighted by molar-refractivity contribution is -0.384. The molecule has 1 aromatic carbocycles. The van der Waals surface area contributed by atoms with Gasteiger partial charge in [0.25, 0.3) is 5.69 Å². The second kappa shape index (κ2) is 7.48. The first-order valence-corrected chi connectivity index (χ1v) is 6.19. The zero-order valence-corrected chi connectivity index (χ0v) is 11.2. The molecule has 0 aliphatic heterocycles. The van der Waals surface area contributed by atoms with Gasteiger partial charge in [-0.15, -0.1) is 0 Å². The number of benzene rings is 1. The fourth-order valence-electron chi connectivity index (χ4n) is 1.48. The van der Waals surface area contributed by atoms with Crippen LogP contribution in [0.15, 0.2) is 24.3 Å². The van der Waals surface area contributed by atoms with E-state index in [2.05, 4.69) is 10.6 Å². The summed E-state index contributed by atoms with van der Waals surface area (Å²) in [6, 6.07) is 6.36. The molecule has 1 rings (SSSR count). The molecule has 1 aromatic rings. The largest absolute Gasteiger partial charge is 0.355 e. The summed E-state index contributed by atoms with van der Waals surface area (Å²) in [5, 5.41) is 16.4. The molecule has 0 fully saturated rings. The van der Waals surface area contributed by atoms with Crippen LogP contribution in [0.25, 0.3) is 0 Å². The first-order chi connectivity index (χ1) is 8.99. The highest BCUT2D eigenvalue weighted by molar-refractivity contribution is 5.77. The van der Waals surface area contributed by atoms with Crippen molar-refractivity contribution in [3.8, 4) is 0 Å². The third-order valence-electron chi connectivity index (χ3n) is 2.44. The third kappa shape index (κ3) is 5.96. The molecular weight excluding hydrogens is 246 g/mol. The monoisotopic (exact) mass is 265 g/mol. The average Bonchev–Trinajstić information content (AvgIpc) is 2.36. The standard InChI is InChI=1S/C13H19N3O3/c1-10(2)7-15-13(17)9-14-8-11-4-3-5-12(6-11)16(18)19/h3-6,10,14H,7-9H2,1-2H3,(H,15,17). The van der Waals surface area contributed by atoms with Gasteiger partial charge in [0.1, 0.15) is 0 Å². The summed E-state index contributed by atoms with van der Waals surface area (Å²) < 4.78 is 0. The highest BCUT2D eigenvalue weighted by atomic mass is 16.6. The van der Waals surface area contributed by atoms with Crippen molar-refractivity contribution in [1.82, 2.24) is 10.6 Å². The van der Waals surface area contributed by atoms with Crippen molar-refractivity contribution in [3.05, 3.63) is 39.9 Å². The Kier molecular flexibility index (Phi) is 5.95. The Morgan fingerprint density at radius 2 is 2.16 bits per heavy atom. The van der Waals surface area contributed by atoms with Crippen LogP contribution in [0.4, 0.5) is 5.69 Å². The number of hydrogen-bond donors (Lipinski definition) is 2. The maximum atomic E-state index is 11.4. The third-order valence-corrected chi connectivity index (χ3v) is 2.44. The molecule has 19 heavy (non-hydrogen) atoms. The van der Waals surface area contributed by atoms with Gasteiger partial charge in [0, 0.05) is 25.2 Å². The number of carbonyl (C=O) groups excluding carboxylic acids is 1. The Morgan fingerprint density at radius 1 is 1.42 bits per heavy atom. The molecular formula is C13H19N3O3. The highest BCUT2D eigenvalue weighted by Crippen LogP contribution is 2.12. The topological polar surface area (TPSA) is 84.3 Å². The number of carbonyl (C=O) groups is 1. The molecule has 0 unspecified atom stereocenters. The summed E-state index contributed by atoms with van der Waals surface area (Å²) in [7, 11) is 0. The zero-order valence-electron chi connectivity index (χ0n) is 11.2. The molecule has 0 saturated carbocycles. The molecule has 6 nitrogen and oxygen atoms in total. The minimum absolute atomic E-state index is 0.0589. The molecule has 0 radical (unpaired) electrons. The average molecular weight is 265 g/mol. The lowest BCUT2D eigenvalue weighted by Gasteiger charge is -2.08. The van der Waals surface area contributed by atoms with Gasteiger partial charge in [0.2, 0.25) is 5.91 Å². The van der Waals surface area contributed by atoms with Crippen molar-refractivity contribution in [2.75, 3.05) is 13.1 Å². The number of nitrogens with zero attached hydrogens (tertiary/aromatic N) is 1. The van der Waals surface area contributed by atoms with E-state index in [-0.39, 0.29) is 18.1 Å². The van der Waals surface area contributed by atoms with Crippen LogP contribution >= 0.6 is 0 Å². The maximum absolute atomic E-state index is 11.4. The Hall–Kier alpha value is -1.95. The van der Waals surface area contributed by atoms with Crippen molar-refractivity contribution < 1.29 is 9.72 Å². The number of rotatable bonds is 7. The summed E-state index contributed by atoms with van der Waals surface area (Å²) in [5.74, 6) is 0.347. The predicted molar refractivity (Wildman–Crippen MR) is 72.7 cm³/mol. The van der Waals surface area contributed by atoms with Gasteiger partial charge in [0.15, 0.2) is 0 Å². The van der Waals surface area contributed by atoms with Gasteiger partial charge in [-0.3, -0.25) is 14.9 Å². The normalized spacial score (nSPS) is 10.5. The second-order valence-corrected chi connectivity index (χ2v) is 4.73. The smallest absolute Gasteiger partial charge is 0.269 e. The van der Waals surface area contributed by atoms with Crippen LogP contribution in [0.5, 0.6) is 0 Å². The Bertz CT molecular complexity index is 447. The second-order valence-electron chi connectivity index (χ2n) is 4.73. The van der Waals surface area contributed by atoms with Crippen LogP contribution in [0.1, 0.15) is 19.4 Å². The minimum Gasteiger partial charge on any atom is -0.355 e. The Morgan fingerprint density at radius 3 is 2.79 bits per heavy atom. The van der Waals surface area contributed by atoms with Gasteiger partial charge in [-0.1, -0.05) is 26.0 Å². The van der Waals surface area contributed by atoms with Crippen molar-refractivity contribution >= 4 is 11.6 Å². The quantitative estimate of drug-likeness (QED) is 0.577. The van der Waals surface area contributed by atoms with Crippen LogP contribution in [-0.4, -0.2) is 23.9 Å². The molecule has 6 heteroatoms. The molecule has 0 atom stereocenters. The van der Waals surface area contributed by atoms with Gasteiger partial charge in [0.05, 0.1) is 11.5 Å². The first-order valence-electron chi connectivity index (χ1n) is 6.19. The van der Waals surface area contributed by atoms with Gasteiger partial charge in [-0.05, 0) is 11.5 Å². The van der Waals surface area contributed by atoms with E-state index in [0.29, 0.717) is 19.0 Å². The summed E-state index contributed by atoms with van der Waals surface area (Å²) in [5.41, 5.74) is 0.842. The van der Waals surface area contributed by atoms with E-state index < -0.39 is 4.92 Å². The molecule has 0 spiro atoms. The molecule has 1 amide bonds. The Labute approximate surface area is 112 Å². The molecule has 0 bridgehead atoms. The molecule has 104 valence electrons. The molecule has 0 aromatic heterocycles. The van der Waals surface area contributed by atoms with Crippen LogP contribution in [0.2, 0.25) is 0 Å². The lowest BCUT2D eigenvalue weighted by atomic mass is 10.2. The van der Waals surface area contributed by atoms with E-state index in [1.807, 2.05) is 13.8 Å². The molecule has 0 aliphatic carbocycles. The van der Waals surface area contributed by atoms with Crippen molar-refractivity contribution in [2.24, 2.45) is 5.92 Å². The van der Waals surface area contributed by atoms with Gasteiger partial charge < -0.3 is 10.6 Å². The number of nitrogens with one attached hydrogen (secondary N) is 2. The fraction of sp³-hybridized carbons (Fsp3) is 0.462. The van der Waals surface area contributed by atoms with Crippen LogP contribution in [-0.2, 0) is 11.3 Å². The van der Waals surface area contributed by atoms with Gasteiger partial charge in [-0.25, -0.2) is 0 Å². The van der Waals surface area contributed by atoms with E-state index in [9.17, 15) is 14.9 Å². The lowest BCUT2D eigenvalue weighted by Crippen LogP contribution is -2.35. The molecule has 0 saturated heterocycles. The predicted octanol–water partition coefficient (Wildman–Crippen LogP) is 1.46. The van der Waals surface area contributed by atoms with Gasteiger partial charge in [-0.2, -0.15) is 0 Å².